The van der Waals surface area contributed by atoms with Crippen molar-refractivity contribution < 1.29 is 9.18 Å². The van der Waals surface area contributed by atoms with E-state index in [-0.39, 0.29) is 6.67 Å². The van der Waals surface area contributed by atoms with Gasteiger partial charge in [-0.1, -0.05) is 5.21 Å². The standard InChI is InChI=1S/C11H17FN4O/c12-3-5-15-4-1-2-10(6-15)7-16-8-11(9-17)13-14-16/h8-10H,1-7H2. The number of carbonyl (C=O) groups excluding carboxylic acids is 1. The van der Waals surface area contributed by atoms with Crippen LogP contribution >= 0.6 is 0 Å². The number of halogens is 1. The molecule has 1 aliphatic heterocycles. The summed E-state index contributed by atoms with van der Waals surface area (Å²) in [7, 11) is 0. The summed E-state index contributed by atoms with van der Waals surface area (Å²) in [4.78, 5) is 12.6. The molecular formula is C11H17FN4O. The molecule has 2 rings (SSSR count). The monoisotopic (exact) mass is 240 g/mol. The third-order valence-corrected chi connectivity index (χ3v) is 3.13. The molecule has 0 aromatic carbocycles. The Balaban J connectivity index is 1.87. The van der Waals surface area contributed by atoms with Crippen molar-refractivity contribution in [3.05, 3.63) is 11.9 Å². The van der Waals surface area contributed by atoms with Gasteiger partial charge in [0.1, 0.15) is 12.4 Å². The highest BCUT2D eigenvalue weighted by Crippen LogP contribution is 2.17. The molecule has 0 radical (unpaired) electrons. The molecule has 0 bridgehead atoms. The molecule has 94 valence electrons. The predicted molar refractivity (Wildman–Crippen MR) is 60.5 cm³/mol. The van der Waals surface area contributed by atoms with E-state index in [4.69, 9.17) is 0 Å². The Hall–Kier alpha value is -1.30. The van der Waals surface area contributed by atoms with Crippen molar-refractivity contribution in [1.82, 2.24) is 19.9 Å². The van der Waals surface area contributed by atoms with E-state index in [1.54, 1.807) is 10.9 Å². The Morgan fingerprint density at radius 3 is 3.18 bits per heavy atom. The van der Waals surface area contributed by atoms with Crippen molar-refractivity contribution in [1.29, 1.82) is 0 Å². The van der Waals surface area contributed by atoms with Crippen LogP contribution in [0.3, 0.4) is 0 Å². The SMILES string of the molecule is O=Cc1cn(CC2CCCN(CCF)C2)nn1. The van der Waals surface area contributed by atoms with Gasteiger partial charge in [0.05, 0.1) is 6.20 Å². The fourth-order valence-electron chi connectivity index (χ4n) is 2.34. The number of hydrogen-bond acceptors (Lipinski definition) is 4. The molecule has 0 aliphatic carbocycles. The van der Waals surface area contributed by atoms with Crippen LogP contribution < -0.4 is 0 Å². The molecule has 1 aromatic rings. The van der Waals surface area contributed by atoms with Crippen molar-refractivity contribution in [3.63, 3.8) is 0 Å². The summed E-state index contributed by atoms with van der Waals surface area (Å²) in [6, 6.07) is 0. The molecule has 1 unspecified atom stereocenters. The van der Waals surface area contributed by atoms with Gasteiger partial charge in [-0.3, -0.25) is 9.48 Å². The molecule has 17 heavy (non-hydrogen) atoms. The van der Waals surface area contributed by atoms with Gasteiger partial charge in [0.25, 0.3) is 0 Å². The number of rotatable bonds is 5. The zero-order valence-electron chi connectivity index (χ0n) is 9.76. The van der Waals surface area contributed by atoms with Crippen LogP contribution in [-0.2, 0) is 6.54 Å². The summed E-state index contributed by atoms with van der Waals surface area (Å²) in [5.41, 5.74) is 0.362. The second-order valence-electron chi connectivity index (χ2n) is 4.48. The fourth-order valence-corrected chi connectivity index (χ4v) is 2.34. The van der Waals surface area contributed by atoms with Gasteiger partial charge in [0.2, 0.25) is 0 Å². The first-order valence-electron chi connectivity index (χ1n) is 5.95. The highest BCUT2D eigenvalue weighted by Gasteiger charge is 2.20. The third-order valence-electron chi connectivity index (χ3n) is 3.13. The minimum Gasteiger partial charge on any atom is -0.300 e. The summed E-state index contributed by atoms with van der Waals surface area (Å²) in [5.74, 6) is 0.469. The molecule has 1 aliphatic rings. The van der Waals surface area contributed by atoms with E-state index in [0.717, 1.165) is 32.5 Å². The molecule has 5 nitrogen and oxygen atoms in total. The number of carbonyl (C=O) groups is 1. The molecule has 1 aromatic heterocycles. The van der Waals surface area contributed by atoms with Gasteiger partial charge in [-0.2, -0.15) is 0 Å². The van der Waals surface area contributed by atoms with E-state index in [1.807, 2.05) is 0 Å². The second kappa shape index (κ2) is 5.86. The first kappa shape index (κ1) is 12.2. The highest BCUT2D eigenvalue weighted by atomic mass is 19.1. The molecule has 0 amide bonds. The lowest BCUT2D eigenvalue weighted by Crippen LogP contribution is -2.38. The van der Waals surface area contributed by atoms with Gasteiger partial charge in [0, 0.05) is 19.6 Å². The number of alkyl halides is 1. The van der Waals surface area contributed by atoms with Gasteiger partial charge in [0.15, 0.2) is 6.29 Å². The Morgan fingerprint density at radius 2 is 2.47 bits per heavy atom. The van der Waals surface area contributed by atoms with Crippen LogP contribution in [0.2, 0.25) is 0 Å². The first-order valence-corrected chi connectivity index (χ1v) is 5.95. The normalized spacial score (nSPS) is 21.6. The molecule has 1 atom stereocenters. The van der Waals surface area contributed by atoms with E-state index in [1.165, 1.54) is 0 Å². The lowest BCUT2D eigenvalue weighted by atomic mass is 9.98. The van der Waals surface area contributed by atoms with Gasteiger partial charge < -0.3 is 4.90 Å². The molecule has 1 fully saturated rings. The predicted octanol–water partition coefficient (Wildman–Crippen LogP) is 0.772. The van der Waals surface area contributed by atoms with E-state index in [9.17, 15) is 9.18 Å². The van der Waals surface area contributed by atoms with E-state index < -0.39 is 0 Å². The largest absolute Gasteiger partial charge is 0.300 e. The van der Waals surface area contributed by atoms with Gasteiger partial charge in [-0.25, -0.2) is 4.39 Å². The Labute approximate surface area is 99.6 Å². The Bertz CT molecular complexity index is 366. The Kier molecular flexibility index (Phi) is 4.19. The fraction of sp³-hybridized carbons (Fsp3) is 0.727. The third kappa shape index (κ3) is 3.33. The summed E-state index contributed by atoms with van der Waals surface area (Å²) in [5, 5.41) is 7.62. The molecule has 0 N–H and O–H groups in total. The van der Waals surface area contributed by atoms with Crippen LogP contribution in [0, 0.1) is 5.92 Å². The van der Waals surface area contributed by atoms with Gasteiger partial charge >= 0.3 is 0 Å². The second-order valence-corrected chi connectivity index (χ2v) is 4.48. The number of aldehydes is 1. The lowest BCUT2D eigenvalue weighted by Gasteiger charge is -2.31. The molecule has 6 heteroatoms. The average Bonchev–Trinajstić information content (AvgIpc) is 2.78. The molecule has 2 heterocycles. The van der Waals surface area contributed by atoms with Crippen molar-refractivity contribution in [3.8, 4) is 0 Å². The number of hydrogen-bond donors (Lipinski definition) is 0. The molecule has 1 saturated heterocycles. The van der Waals surface area contributed by atoms with Crippen LogP contribution in [0.5, 0.6) is 0 Å². The number of aromatic nitrogens is 3. The summed E-state index contributed by atoms with van der Waals surface area (Å²) < 4.78 is 14.0. The maximum atomic E-state index is 12.3. The number of nitrogens with zero attached hydrogens (tertiary/aromatic N) is 4. The van der Waals surface area contributed by atoms with Crippen LogP contribution in [0.25, 0.3) is 0 Å². The molecule has 0 spiro atoms. The van der Waals surface area contributed by atoms with E-state index >= 15 is 0 Å². The van der Waals surface area contributed by atoms with Crippen molar-refractivity contribution in [2.75, 3.05) is 26.3 Å². The topological polar surface area (TPSA) is 51.0 Å². The van der Waals surface area contributed by atoms with E-state index in [0.29, 0.717) is 24.4 Å². The van der Waals surface area contributed by atoms with Crippen molar-refractivity contribution in [2.24, 2.45) is 5.92 Å². The highest BCUT2D eigenvalue weighted by molar-refractivity contribution is 5.70. The quantitative estimate of drug-likeness (QED) is 0.713. The minimum atomic E-state index is -0.286. The summed E-state index contributed by atoms with van der Waals surface area (Å²) in [6.07, 6.45) is 4.57. The lowest BCUT2D eigenvalue weighted by molar-refractivity contribution is 0.111. The van der Waals surface area contributed by atoms with Gasteiger partial charge in [-0.15, -0.1) is 5.10 Å². The smallest absolute Gasteiger partial charge is 0.171 e. The van der Waals surface area contributed by atoms with E-state index in [2.05, 4.69) is 15.2 Å². The summed E-state index contributed by atoms with van der Waals surface area (Å²) >= 11 is 0. The minimum absolute atomic E-state index is 0.286. The molecular weight excluding hydrogens is 223 g/mol. The van der Waals surface area contributed by atoms with Crippen molar-refractivity contribution >= 4 is 6.29 Å². The first-order chi connectivity index (χ1) is 8.31. The Morgan fingerprint density at radius 1 is 1.59 bits per heavy atom. The summed E-state index contributed by atoms with van der Waals surface area (Å²) in [6.45, 7) is 2.87. The van der Waals surface area contributed by atoms with Gasteiger partial charge in [-0.05, 0) is 25.3 Å². The van der Waals surface area contributed by atoms with Crippen LogP contribution in [-0.4, -0.2) is 52.5 Å². The van der Waals surface area contributed by atoms with Crippen LogP contribution in [0.4, 0.5) is 4.39 Å². The van der Waals surface area contributed by atoms with Crippen LogP contribution in [0.1, 0.15) is 23.3 Å². The average molecular weight is 240 g/mol. The maximum absolute atomic E-state index is 12.3. The number of piperidine rings is 1. The zero-order chi connectivity index (χ0) is 12.1. The van der Waals surface area contributed by atoms with Crippen LogP contribution in [0.15, 0.2) is 6.20 Å². The zero-order valence-corrected chi connectivity index (χ0v) is 9.76. The molecule has 0 saturated carbocycles. The van der Waals surface area contributed by atoms with Crippen molar-refractivity contribution in [2.45, 2.75) is 19.4 Å². The number of likely N-dealkylation sites (tertiary alicyclic amines) is 1. The maximum Gasteiger partial charge on any atom is 0.171 e.